The third kappa shape index (κ3) is 3.93. The average molecular weight is 255 g/mol. The van der Waals surface area contributed by atoms with Crippen LogP contribution in [0.4, 0.5) is 0 Å². The van der Waals surface area contributed by atoms with Crippen LogP contribution >= 0.6 is 0 Å². The van der Waals surface area contributed by atoms with Gasteiger partial charge in [-0.25, -0.2) is 0 Å². The maximum absolute atomic E-state index is 12.2. The number of nitrogens with one attached hydrogen (secondary N) is 1. The molecule has 0 aromatic heterocycles. The monoisotopic (exact) mass is 255 g/mol. The molecule has 0 spiro atoms. The lowest BCUT2D eigenvalue weighted by atomic mass is 10.0. The summed E-state index contributed by atoms with van der Waals surface area (Å²) in [6, 6.07) is 0. The van der Waals surface area contributed by atoms with Gasteiger partial charge < -0.3 is 15.3 Å². The van der Waals surface area contributed by atoms with E-state index in [0.717, 1.165) is 58.7 Å². The summed E-state index contributed by atoms with van der Waals surface area (Å²) in [5.74, 6) is 0.851. The predicted molar refractivity (Wildman–Crippen MR) is 70.3 cm³/mol. The average Bonchev–Trinajstić information content (AvgIpc) is 2.74. The Morgan fingerprint density at radius 1 is 1.28 bits per heavy atom. The summed E-state index contributed by atoms with van der Waals surface area (Å²) in [6.07, 6.45) is 2.86. The number of amides is 1. The van der Waals surface area contributed by atoms with Crippen LogP contribution in [-0.2, 0) is 4.79 Å². The van der Waals surface area contributed by atoms with Crippen LogP contribution in [0.5, 0.6) is 0 Å². The molecule has 0 radical (unpaired) electrons. The van der Waals surface area contributed by atoms with Gasteiger partial charge in [-0.15, -0.1) is 0 Å². The zero-order chi connectivity index (χ0) is 12.8. The van der Waals surface area contributed by atoms with Crippen LogP contribution < -0.4 is 5.32 Å². The maximum Gasteiger partial charge on any atom is 0.222 e. The number of aliphatic hydroxyl groups excluding tert-OH is 1. The summed E-state index contributed by atoms with van der Waals surface area (Å²) in [6.45, 7) is 6.58. The number of carbonyl (C=O) groups is 1. The van der Waals surface area contributed by atoms with Crippen molar-refractivity contribution in [1.82, 2.24) is 15.1 Å². The highest BCUT2D eigenvalue weighted by molar-refractivity contribution is 5.76. The molecule has 104 valence electrons. The Labute approximate surface area is 109 Å². The molecule has 1 atom stereocenters. The zero-order valence-electron chi connectivity index (χ0n) is 11.1. The van der Waals surface area contributed by atoms with Crippen LogP contribution in [0, 0.1) is 5.92 Å². The molecule has 1 unspecified atom stereocenters. The second-order valence-electron chi connectivity index (χ2n) is 5.36. The van der Waals surface area contributed by atoms with Crippen molar-refractivity contribution in [3.63, 3.8) is 0 Å². The van der Waals surface area contributed by atoms with Gasteiger partial charge in [0.05, 0.1) is 6.61 Å². The number of hydrogen-bond donors (Lipinski definition) is 2. The van der Waals surface area contributed by atoms with E-state index in [-0.39, 0.29) is 6.61 Å². The molecule has 5 nitrogen and oxygen atoms in total. The minimum atomic E-state index is 0.210. The van der Waals surface area contributed by atoms with Crippen molar-refractivity contribution >= 4 is 5.91 Å². The molecular weight excluding hydrogens is 230 g/mol. The van der Waals surface area contributed by atoms with Crippen LogP contribution in [0.2, 0.25) is 0 Å². The molecule has 0 aromatic rings. The molecule has 2 aliphatic rings. The van der Waals surface area contributed by atoms with E-state index in [9.17, 15) is 4.79 Å². The summed E-state index contributed by atoms with van der Waals surface area (Å²) in [7, 11) is 0. The van der Waals surface area contributed by atoms with E-state index in [4.69, 9.17) is 5.11 Å². The number of β-amino-alcohol motifs (C(OH)–C–C–N with tert-alkyl or cyclic N) is 1. The Balaban J connectivity index is 1.76. The van der Waals surface area contributed by atoms with Gasteiger partial charge in [0.15, 0.2) is 0 Å². The molecule has 2 aliphatic heterocycles. The number of nitrogens with zero attached hydrogens (tertiary/aromatic N) is 2. The van der Waals surface area contributed by atoms with Gasteiger partial charge in [-0.2, -0.15) is 0 Å². The van der Waals surface area contributed by atoms with Gasteiger partial charge >= 0.3 is 0 Å². The normalized spacial score (nSPS) is 26.3. The second-order valence-corrected chi connectivity index (χ2v) is 5.36. The molecule has 2 heterocycles. The van der Waals surface area contributed by atoms with Crippen molar-refractivity contribution in [3.05, 3.63) is 0 Å². The van der Waals surface area contributed by atoms with Crippen LogP contribution in [0.3, 0.4) is 0 Å². The lowest BCUT2D eigenvalue weighted by Crippen LogP contribution is -2.36. The molecule has 18 heavy (non-hydrogen) atoms. The first-order valence-electron chi connectivity index (χ1n) is 7.11. The summed E-state index contributed by atoms with van der Waals surface area (Å²) in [4.78, 5) is 16.5. The summed E-state index contributed by atoms with van der Waals surface area (Å²) in [5.41, 5.74) is 0. The first-order chi connectivity index (χ1) is 8.79. The minimum Gasteiger partial charge on any atom is -0.395 e. The molecule has 1 amide bonds. The molecule has 2 saturated heterocycles. The van der Waals surface area contributed by atoms with Crippen LogP contribution in [0.15, 0.2) is 0 Å². The number of rotatable bonds is 4. The molecule has 2 N–H and O–H groups in total. The van der Waals surface area contributed by atoms with E-state index < -0.39 is 0 Å². The van der Waals surface area contributed by atoms with E-state index in [1.54, 1.807) is 0 Å². The lowest BCUT2D eigenvalue weighted by Gasteiger charge is -2.22. The fourth-order valence-corrected chi connectivity index (χ4v) is 2.85. The van der Waals surface area contributed by atoms with Gasteiger partial charge in [0.2, 0.25) is 5.91 Å². The molecule has 0 aliphatic carbocycles. The first-order valence-corrected chi connectivity index (χ1v) is 7.11. The zero-order valence-corrected chi connectivity index (χ0v) is 11.1. The van der Waals surface area contributed by atoms with E-state index >= 15 is 0 Å². The number of carbonyl (C=O) groups excluding carboxylic acids is 1. The number of hydrogen-bond acceptors (Lipinski definition) is 4. The summed E-state index contributed by atoms with van der Waals surface area (Å²) >= 11 is 0. The topological polar surface area (TPSA) is 55.8 Å². The second kappa shape index (κ2) is 7.07. The van der Waals surface area contributed by atoms with E-state index in [1.165, 1.54) is 0 Å². The summed E-state index contributed by atoms with van der Waals surface area (Å²) < 4.78 is 0. The third-order valence-corrected chi connectivity index (χ3v) is 3.98. The molecule has 0 aromatic carbocycles. The van der Waals surface area contributed by atoms with Crippen LogP contribution in [0.1, 0.15) is 19.3 Å². The number of aliphatic hydroxyl groups is 1. The van der Waals surface area contributed by atoms with Crippen molar-refractivity contribution in [2.75, 3.05) is 52.4 Å². The molecular formula is C13H25N3O2. The Kier molecular flexibility index (Phi) is 5.41. The van der Waals surface area contributed by atoms with Crippen molar-refractivity contribution in [1.29, 1.82) is 0 Å². The fraction of sp³-hybridized carbons (Fsp3) is 0.923. The highest BCUT2D eigenvalue weighted by Gasteiger charge is 2.23. The van der Waals surface area contributed by atoms with Crippen molar-refractivity contribution in [3.8, 4) is 0 Å². The van der Waals surface area contributed by atoms with Crippen molar-refractivity contribution in [2.45, 2.75) is 19.3 Å². The highest BCUT2D eigenvalue weighted by atomic mass is 16.3. The minimum absolute atomic E-state index is 0.210. The van der Waals surface area contributed by atoms with E-state index in [0.29, 0.717) is 18.2 Å². The quantitative estimate of drug-likeness (QED) is 0.712. The fourth-order valence-electron chi connectivity index (χ4n) is 2.85. The van der Waals surface area contributed by atoms with Gasteiger partial charge in [0, 0.05) is 32.6 Å². The van der Waals surface area contributed by atoms with E-state index in [1.807, 2.05) is 4.90 Å². The predicted octanol–water partition coefficient (Wildman–Crippen LogP) is -0.487. The molecule has 0 saturated carbocycles. The maximum atomic E-state index is 12.2. The van der Waals surface area contributed by atoms with Crippen molar-refractivity contribution in [2.24, 2.45) is 5.92 Å². The Morgan fingerprint density at radius 2 is 2.17 bits per heavy atom. The molecule has 2 fully saturated rings. The summed E-state index contributed by atoms with van der Waals surface area (Å²) in [5, 5.41) is 12.3. The molecule has 2 rings (SSSR count). The highest BCUT2D eigenvalue weighted by Crippen LogP contribution is 2.15. The van der Waals surface area contributed by atoms with Crippen LogP contribution in [0.25, 0.3) is 0 Å². The Bertz CT molecular complexity index is 267. The van der Waals surface area contributed by atoms with Gasteiger partial charge in [-0.1, -0.05) is 0 Å². The molecule has 5 heteroatoms. The SMILES string of the molecule is O=C(CC1CCNC1)N1CCCN(CCO)CC1. The van der Waals surface area contributed by atoms with Gasteiger partial charge in [0.1, 0.15) is 0 Å². The smallest absolute Gasteiger partial charge is 0.222 e. The Hall–Kier alpha value is -0.650. The lowest BCUT2D eigenvalue weighted by molar-refractivity contribution is -0.131. The Morgan fingerprint density at radius 3 is 2.89 bits per heavy atom. The standard InChI is InChI=1S/C13H25N3O2/c17-9-8-15-4-1-5-16(7-6-15)13(18)10-12-2-3-14-11-12/h12,14,17H,1-11H2. The first kappa shape index (κ1) is 13.8. The van der Waals surface area contributed by atoms with Gasteiger partial charge in [-0.05, 0) is 38.4 Å². The van der Waals surface area contributed by atoms with Gasteiger partial charge in [0.25, 0.3) is 0 Å². The largest absolute Gasteiger partial charge is 0.395 e. The van der Waals surface area contributed by atoms with Gasteiger partial charge in [-0.3, -0.25) is 9.69 Å². The molecule has 0 bridgehead atoms. The van der Waals surface area contributed by atoms with Crippen molar-refractivity contribution < 1.29 is 9.90 Å². The van der Waals surface area contributed by atoms with Crippen LogP contribution in [-0.4, -0.2) is 73.2 Å². The van der Waals surface area contributed by atoms with E-state index in [2.05, 4.69) is 10.2 Å². The third-order valence-electron chi connectivity index (χ3n) is 3.98.